The minimum atomic E-state index is -2.84. The Balaban J connectivity index is 2.53. The monoisotopic (exact) mass is 316 g/mol. The molecule has 120 valence electrons. The summed E-state index contributed by atoms with van der Waals surface area (Å²) in [7, 11) is 0. The number of hydrogen-bond acceptors (Lipinski definition) is 7. The van der Waals surface area contributed by atoms with Crippen LogP contribution in [0.2, 0.25) is 0 Å². The highest BCUT2D eigenvalue weighted by Gasteiger charge is 2.59. The predicted octanol–water partition coefficient (Wildman–Crippen LogP) is -1.46. The highest BCUT2D eigenvalue weighted by atomic mass is 19.1. The van der Waals surface area contributed by atoms with E-state index in [0.29, 0.717) is 4.68 Å². The summed E-state index contributed by atoms with van der Waals surface area (Å²) in [4.78, 5) is 15.1. The predicted molar refractivity (Wildman–Crippen MR) is 69.9 cm³/mol. The summed E-state index contributed by atoms with van der Waals surface area (Å²) < 4.78 is 33.0. The Morgan fingerprint density at radius 3 is 2.91 bits per heavy atom. The normalized spacial score (nSPS) is 32.3. The van der Waals surface area contributed by atoms with E-state index in [1.165, 1.54) is 6.92 Å². The summed E-state index contributed by atoms with van der Waals surface area (Å²) in [5.41, 5.74) is 1.41. The van der Waals surface area contributed by atoms with Crippen LogP contribution in [0.3, 0.4) is 0 Å². The van der Waals surface area contributed by atoms with E-state index in [0.717, 1.165) is 6.20 Å². The van der Waals surface area contributed by atoms with Gasteiger partial charge in [-0.05, 0) is 6.92 Å². The molecule has 4 N–H and O–H groups in total. The molecule has 0 amide bonds. The maximum atomic E-state index is 15.0. The second kappa shape index (κ2) is 5.96. The van der Waals surface area contributed by atoms with Gasteiger partial charge in [-0.2, -0.15) is 14.8 Å². The Morgan fingerprint density at radius 1 is 1.68 bits per heavy atom. The molecule has 8 nitrogen and oxygen atoms in total. The van der Waals surface area contributed by atoms with Crippen molar-refractivity contribution in [3.8, 4) is 11.8 Å². The number of rotatable bonds is 2. The van der Waals surface area contributed by atoms with E-state index in [2.05, 4.69) is 10.1 Å². The molecular formula is C12H14F2N4O4. The van der Waals surface area contributed by atoms with Crippen molar-refractivity contribution in [3.05, 3.63) is 16.7 Å². The number of nitrogen functional groups attached to an aromatic ring is 1. The van der Waals surface area contributed by atoms with Crippen molar-refractivity contribution < 1.29 is 23.7 Å². The zero-order valence-electron chi connectivity index (χ0n) is 11.5. The van der Waals surface area contributed by atoms with Crippen LogP contribution < -0.4 is 11.4 Å². The minimum Gasteiger partial charge on any atom is -0.391 e. The fourth-order valence-corrected chi connectivity index (χ4v) is 2.15. The summed E-state index contributed by atoms with van der Waals surface area (Å²) in [5.74, 6) is 3.56. The Morgan fingerprint density at radius 2 is 2.36 bits per heavy atom. The van der Waals surface area contributed by atoms with Gasteiger partial charge in [0.2, 0.25) is 11.9 Å². The Labute approximate surface area is 123 Å². The zero-order chi connectivity index (χ0) is 16.5. The number of alkyl halides is 2. The first kappa shape index (κ1) is 16.3. The first-order valence-electron chi connectivity index (χ1n) is 6.29. The van der Waals surface area contributed by atoms with Crippen LogP contribution in [0.15, 0.2) is 11.0 Å². The minimum absolute atomic E-state index is 0.189. The maximum Gasteiger partial charge on any atom is 0.368 e. The summed E-state index contributed by atoms with van der Waals surface area (Å²) in [6, 6.07) is 0. The van der Waals surface area contributed by atoms with Gasteiger partial charge in [0.25, 0.3) is 0 Å². The lowest BCUT2D eigenvalue weighted by Crippen LogP contribution is -2.46. The van der Waals surface area contributed by atoms with Crippen LogP contribution in [0.5, 0.6) is 0 Å². The van der Waals surface area contributed by atoms with Gasteiger partial charge < -0.3 is 20.7 Å². The third-order valence-electron chi connectivity index (χ3n) is 3.17. The molecule has 0 aromatic carbocycles. The number of nitrogens with zero attached hydrogens (tertiary/aromatic N) is 3. The summed E-state index contributed by atoms with van der Waals surface area (Å²) in [6.07, 6.45) is -5.38. The average Bonchev–Trinajstić information content (AvgIpc) is 2.70. The third-order valence-corrected chi connectivity index (χ3v) is 3.17. The van der Waals surface area contributed by atoms with Gasteiger partial charge in [0.15, 0.2) is 0 Å². The second-order valence-electron chi connectivity index (χ2n) is 4.75. The SMILES string of the molecule is C[C@H](O)[C@H]1O[C@@H](n2ncc(N)nc2=O)[C@@](F)(C#CCF)C1O. The standard InChI is InChI=1S/C12H14F2N4O4/c1-6(19)8-9(20)12(14,3-2-4-13)10(22-8)18-11(21)17-7(15)5-16-18/h5-6,8-10,19-20H,4H2,1H3,(H2,15,17,21)/t6-,8+,9?,10+,12+/m0/s1. The molecule has 0 aliphatic carbocycles. The molecule has 1 saturated heterocycles. The number of hydrogen-bond donors (Lipinski definition) is 3. The maximum absolute atomic E-state index is 15.0. The Hall–Kier alpha value is -2.09. The van der Waals surface area contributed by atoms with Crippen molar-refractivity contribution in [2.75, 3.05) is 12.4 Å². The largest absolute Gasteiger partial charge is 0.391 e. The van der Waals surface area contributed by atoms with Gasteiger partial charge in [-0.1, -0.05) is 11.8 Å². The van der Waals surface area contributed by atoms with Crippen LogP contribution in [-0.4, -0.2) is 55.6 Å². The molecule has 1 fully saturated rings. The number of halogens is 2. The van der Waals surface area contributed by atoms with Crippen LogP contribution in [0, 0.1) is 11.8 Å². The van der Waals surface area contributed by atoms with Gasteiger partial charge in [-0.25, -0.2) is 13.6 Å². The van der Waals surface area contributed by atoms with Gasteiger partial charge in [0.05, 0.1) is 12.3 Å². The van der Waals surface area contributed by atoms with E-state index in [9.17, 15) is 19.4 Å². The number of ether oxygens (including phenoxy) is 1. The van der Waals surface area contributed by atoms with Gasteiger partial charge in [-0.3, -0.25) is 0 Å². The van der Waals surface area contributed by atoms with Crippen LogP contribution in [0.4, 0.5) is 14.6 Å². The first-order valence-corrected chi connectivity index (χ1v) is 6.29. The molecule has 1 unspecified atom stereocenters. The lowest BCUT2D eigenvalue weighted by atomic mass is 9.94. The average molecular weight is 316 g/mol. The molecule has 1 aliphatic heterocycles. The molecule has 22 heavy (non-hydrogen) atoms. The number of nitrogens with two attached hydrogens (primary N) is 1. The van der Waals surface area contributed by atoms with E-state index in [4.69, 9.17) is 10.5 Å². The van der Waals surface area contributed by atoms with E-state index in [-0.39, 0.29) is 5.82 Å². The Kier molecular flexibility index (Phi) is 4.41. The van der Waals surface area contributed by atoms with E-state index >= 15 is 4.39 Å². The fraction of sp³-hybridized carbons (Fsp3) is 0.583. The van der Waals surface area contributed by atoms with Gasteiger partial charge in [0, 0.05) is 0 Å². The van der Waals surface area contributed by atoms with E-state index in [1.807, 2.05) is 11.8 Å². The molecule has 10 heteroatoms. The lowest BCUT2D eigenvalue weighted by Gasteiger charge is -2.23. The number of aliphatic hydroxyl groups is 2. The zero-order valence-corrected chi connectivity index (χ0v) is 11.5. The first-order chi connectivity index (χ1) is 10.3. The number of aromatic nitrogens is 3. The lowest BCUT2D eigenvalue weighted by molar-refractivity contribution is -0.0849. The van der Waals surface area contributed by atoms with Crippen molar-refractivity contribution in [1.29, 1.82) is 0 Å². The van der Waals surface area contributed by atoms with Gasteiger partial charge in [0.1, 0.15) is 24.7 Å². The molecule has 1 aromatic heterocycles. The molecule has 5 atom stereocenters. The van der Waals surface area contributed by atoms with Gasteiger partial charge >= 0.3 is 5.69 Å². The number of anilines is 1. The van der Waals surface area contributed by atoms with Crippen molar-refractivity contribution in [2.45, 2.75) is 37.1 Å². The van der Waals surface area contributed by atoms with Crippen molar-refractivity contribution in [2.24, 2.45) is 0 Å². The summed E-state index contributed by atoms with van der Waals surface area (Å²) in [5, 5.41) is 23.1. The van der Waals surface area contributed by atoms with Crippen molar-refractivity contribution in [1.82, 2.24) is 14.8 Å². The molecule has 2 heterocycles. The summed E-state index contributed by atoms with van der Waals surface area (Å²) >= 11 is 0. The highest BCUT2D eigenvalue weighted by Crippen LogP contribution is 2.41. The Bertz CT molecular complexity index is 671. The third kappa shape index (κ3) is 2.66. The van der Waals surface area contributed by atoms with Gasteiger partial charge in [-0.15, -0.1) is 0 Å². The molecule has 0 radical (unpaired) electrons. The fourth-order valence-electron chi connectivity index (χ4n) is 2.15. The van der Waals surface area contributed by atoms with Crippen LogP contribution in [0.1, 0.15) is 13.2 Å². The van der Waals surface area contributed by atoms with E-state index < -0.39 is 42.6 Å². The molecule has 1 aromatic rings. The highest BCUT2D eigenvalue weighted by molar-refractivity contribution is 5.24. The second-order valence-corrected chi connectivity index (χ2v) is 4.75. The number of aliphatic hydroxyl groups excluding tert-OH is 2. The quantitative estimate of drug-likeness (QED) is 0.570. The smallest absolute Gasteiger partial charge is 0.368 e. The van der Waals surface area contributed by atoms with Crippen LogP contribution in [-0.2, 0) is 4.74 Å². The summed E-state index contributed by atoms with van der Waals surface area (Å²) in [6.45, 7) is 0.101. The molecule has 0 spiro atoms. The van der Waals surface area contributed by atoms with Crippen LogP contribution in [0.25, 0.3) is 0 Å². The molecule has 1 aliphatic rings. The van der Waals surface area contributed by atoms with Crippen LogP contribution >= 0.6 is 0 Å². The van der Waals surface area contributed by atoms with E-state index in [1.54, 1.807) is 0 Å². The molecule has 0 bridgehead atoms. The van der Waals surface area contributed by atoms with Crippen molar-refractivity contribution in [3.63, 3.8) is 0 Å². The molecule has 2 rings (SSSR count). The van der Waals surface area contributed by atoms with Crippen molar-refractivity contribution >= 4 is 5.82 Å². The molecular weight excluding hydrogens is 302 g/mol. The topological polar surface area (TPSA) is 123 Å². The molecule has 0 saturated carbocycles.